The lowest BCUT2D eigenvalue weighted by molar-refractivity contribution is -0.133. The Morgan fingerprint density at radius 3 is 2.47 bits per heavy atom. The number of nitrogen functional groups attached to an aromatic ring is 1. The molecule has 104 valence electrons. The molecule has 0 aliphatic heterocycles. The van der Waals surface area contributed by atoms with Gasteiger partial charge in [0, 0.05) is 24.7 Å². The first-order valence-corrected chi connectivity index (χ1v) is 7.20. The summed E-state index contributed by atoms with van der Waals surface area (Å²) in [6, 6.07) is 8.10. The number of hydrogen-bond donors (Lipinski definition) is 1. The number of amides is 1. The van der Waals surface area contributed by atoms with E-state index in [1.807, 2.05) is 29.2 Å². The van der Waals surface area contributed by atoms with Gasteiger partial charge in [-0.1, -0.05) is 12.1 Å². The molecule has 1 aromatic carbocycles. The summed E-state index contributed by atoms with van der Waals surface area (Å²) in [5.41, 5.74) is 7.61. The summed E-state index contributed by atoms with van der Waals surface area (Å²) in [5, 5.41) is 0. The SMILES string of the molecule is CC(C)N(CC1CC1)C(=O)CCc1ccc(N)cc1. The van der Waals surface area contributed by atoms with Gasteiger partial charge in [-0.15, -0.1) is 0 Å². The van der Waals surface area contributed by atoms with Crippen LogP contribution in [0.5, 0.6) is 0 Å². The van der Waals surface area contributed by atoms with Crippen LogP contribution in [0.4, 0.5) is 5.69 Å². The van der Waals surface area contributed by atoms with Gasteiger partial charge in [-0.3, -0.25) is 4.79 Å². The van der Waals surface area contributed by atoms with Crippen molar-refractivity contribution >= 4 is 11.6 Å². The third kappa shape index (κ3) is 4.27. The van der Waals surface area contributed by atoms with Crippen LogP contribution in [0.3, 0.4) is 0 Å². The smallest absolute Gasteiger partial charge is 0.223 e. The number of hydrogen-bond acceptors (Lipinski definition) is 2. The van der Waals surface area contributed by atoms with Crippen LogP contribution in [0.2, 0.25) is 0 Å². The van der Waals surface area contributed by atoms with Gasteiger partial charge in [0.1, 0.15) is 0 Å². The van der Waals surface area contributed by atoms with Gasteiger partial charge in [-0.2, -0.15) is 0 Å². The molecule has 0 aromatic heterocycles. The molecule has 1 aliphatic rings. The van der Waals surface area contributed by atoms with Gasteiger partial charge < -0.3 is 10.6 Å². The summed E-state index contributed by atoms with van der Waals surface area (Å²) in [6.07, 6.45) is 3.96. The Morgan fingerprint density at radius 2 is 1.95 bits per heavy atom. The summed E-state index contributed by atoms with van der Waals surface area (Å²) in [6.45, 7) is 5.14. The predicted molar refractivity (Wildman–Crippen MR) is 78.7 cm³/mol. The van der Waals surface area contributed by atoms with Crippen LogP contribution >= 0.6 is 0 Å². The molecule has 19 heavy (non-hydrogen) atoms. The van der Waals surface area contributed by atoms with Gasteiger partial charge in [0.05, 0.1) is 0 Å². The monoisotopic (exact) mass is 260 g/mol. The molecule has 0 heterocycles. The van der Waals surface area contributed by atoms with Crippen LogP contribution in [-0.2, 0) is 11.2 Å². The standard InChI is InChI=1S/C16H24N2O/c1-12(2)18(11-14-3-4-14)16(19)10-7-13-5-8-15(17)9-6-13/h5-6,8-9,12,14H,3-4,7,10-11,17H2,1-2H3. The van der Waals surface area contributed by atoms with Crippen LogP contribution in [0.1, 0.15) is 38.7 Å². The third-order valence-corrected chi connectivity index (χ3v) is 3.70. The Hall–Kier alpha value is -1.51. The van der Waals surface area contributed by atoms with Crippen LogP contribution in [-0.4, -0.2) is 23.4 Å². The number of aryl methyl sites for hydroxylation is 1. The van der Waals surface area contributed by atoms with Crippen molar-refractivity contribution in [3.05, 3.63) is 29.8 Å². The molecule has 1 amide bonds. The summed E-state index contributed by atoms with van der Waals surface area (Å²) >= 11 is 0. The van der Waals surface area contributed by atoms with E-state index in [0.29, 0.717) is 12.5 Å². The molecule has 0 saturated heterocycles. The van der Waals surface area contributed by atoms with Crippen LogP contribution < -0.4 is 5.73 Å². The fourth-order valence-corrected chi connectivity index (χ4v) is 2.26. The third-order valence-electron chi connectivity index (χ3n) is 3.70. The van der Waals surface area contributed by atoms with E-state index in [1.165, 1.54) is 18.4 Å². The molecule has 0 radical (unpaired) electrons. The Bertz CT molecular complexity index is 421. The van der Waals surface area contributed by atoms with E-state index in [9.17, 15) is 4.79 Å². The van der Waals surface area contributed by atoms with Crippen LogP contribution in [0.15, 0.2) is 24.3 Å². The zero-order chi connectivity index (χ0) is 13.8. The fourth-order valence-electron chi connectivity index (χ4n) is 2.26. The predicted octanol–water partition coefficient (Wildman–Crippen LogP) is 2.85. The highest BCUT2D eigenvalue weighted by Gasteiger charge is 2.27. The number of rotatable bonds is 6. The number of nitrogens with two attached hydrogens (primary N) is 1. The van der Waals surface area contributed by atoms with Crippen molar-refractivity contribution < 1.29 is 4.79 Å². The maximum absolute atomic E-state index is 12.3. The first-order chi connectivity index (χ1) is 9.06. The molecule has 0 spiro atoms. The first-order valence-electron chi connectivity index (χ1n) is 7.20. The van der Waals surface area contributed by atoms with Crippen molar-refractivity contribution in [1.82, 2.24) is 4.90 Å². The summed E-state index contributed by atoms with van der Waals surface area (Å²) in [7, 11) is 0. The second-order valence-corrected chi connectivity index (χ2v) is 5.82. The van der Waals surface area contributed by atoms with E-state index < -0.39 is 0 Å². The molecule has 1 saturated carbocycles. The van der Waals surface area contributed by atoms with Crippen LogP contribution in [0, 0.1) is 5.92 Å². The topological polar surface area (TPSA) is 46.3 Å². The van der Waals surface area contributed by atoms with Crippen molar-refractivity contribution in [3.63, 3.8) is 0 Å². The molecule has 2 N–H and O–H groups in total. The van der Waals surface area contributed by atoms with Crippen molar-refractivity contribution in [2.24, 2.45) is 5.92 Å². The molecule has 0 bridgehead atoms. The summed E-state index contributed by atoms with van der Waals surface area (Å²) < 4.78 is 0. The van der Waals surface area contributed by atoms with E-state index in [2.05, 4.69) is 13.8 Å². The Kier molecular flexibility index (Phi) is 4.46. The van der Waals surface area contributed by atoms with Gasteiger partial charge in [0.15, 0.2) is 0 Å². The highest BCUT2D eigenvalue weighted by atomic mass is 16.2. The van der Waals surface area contributed by atoms with Gasteiger partial charge in [-0.05, 0) is 56.7 Å². The second kappa shape index (κ2) is 6.09. The largest absolute Gasteiger partial charge is 0.399 e. The first kappa shape index (κ1) is 13.9. The molecule has 1 aromatic rings. The fraction of sp³-hybridized carbons (Fsp3) is 0.562. The maximum atomic E-state index is 12.3. The van der Waals surface area contributed by atoms with Gasteiger partial charge in [0.25, 0.3) is 0 Å². The zero-order valence-electron chi connectivity index (χ0n) is 11.9. The Balaban J connectivity index is 1.85. The molecular formula is C16H24N2O. The quantitative estimate of drug-likeness (QED) is 0.799. The van der Waals surface area contributed by atoms with Crippen molar-refractivity contribution in [1.29, 1.82) is 0 Å². The minimum absolute atomic E-state index is 0.277. The number of benzene rings is 1. The van der Waals surface area contributed by atoms with Crippen LogP contribution in [0.25, 0.3) is 0 Å². The average Bonchev–Trinajstić information content (AvgIpc) is 3.18. The van der Waals surface area contributed by atoms with Crippen molar-refractivity contribution in [2.45, 2.75) is 45.6 Å². The Labute approximate surface area is 115 Å². The van der Waals surface area contributed by atoms with E-state index in [0.717, 1.165) is 24.6 Å². The number of carbonyl (C=O) groups is 1. The molecule has 3 nitrogen and oxygen atoms in total. The number of anilines is 1. The van der Waals surface area contributed by atoms with E-state index >= 15 is 0 Å². The zero-order valence-corrected chi connectivity index (χ0v) is 11.9. The Morgan fingerprint density at radius 1 is 1.32 bits per heavy atom. The average molecular weight is 260 g/mol. The number of carbonyl (C=O) groups excluding carboxylic acids is 1. The lowest BCUT2D eigenvalue weighted by atomic mass is 10.1. The van der Waals surface area contributed by atoms with E-state index in [1.54, 1.807) is 0 Å². The molecule has 0 unspecified atom stereocenters. The van der Waals surface area contributed by atoms with Crippen molar-refractivity contribution in [2.75, 3.05) is 12.3 Å². The minimum atomic E-state index is 0.277. The van der Waals surface area contributed by atoms with Gasteiger partial charge >= 0.3 is 0 Å². The lowest BCUT2D eigenvalue weighted by Crippen LogP contribution is -2.38. The highest BCUT2D eigenvalue weighted by molar-refractivity contribution is 5.76. The molecule has 2 rings (SSSR count). The van der Waals surface area contributed by atoms with Gasteiger partial charge in [-0.25, -0.2) is 0 Å². The van der Waals surface area contributed by atoms with Gasteiger partial charge in [0.2, 0.25) is 5.91 Å². The van der Waals surface area contributed by atoms with Crippen molar-refractivity contribution in [3.8, 4) is 0 Å². The normalized spacial score (nSPS) is 14.7. The summed E-state index contributed by atoms with van der Waals surface area (Å²) in [4.78, 5) is 14.3. The van der Waals surface area contributed by atoms with E-state index in [4.69, 9.17) is 5.73 Å². The molecule has 1 fully saturated rings. The molecular weight excluding hydrogens is 236 g/mol. The number of nitrogens with zero attached hydrogens (tertiary/aromatic N) is 1. The minimum Gasteiger partial charge on any atom is -0.399 e. The summed E-state index contributed by atoms with van der Waals surface area (Å²) in [5.74, 6) is 1.03. The second-order valence-electron chi connectivity index (χ2n) is 5.82. The lowest BCUT2D eigenvalue weighted by Gasteiger charge is -2.27. The highest BCUT2D eigenvalue weighted by Crippen LogP contribution is 2.30. The molecule has 1 aliphatic carbocycles. The molecule has 0 atom stereocenters. The molecule has 3 heteroatoms. The van der Waals surface area contributed by atoms with E-state index in [-0.39, 0.29) is 5.91 Å². The maximum Gasteiger partial charge on any atom is 0.223 e.